The molecule has 1 heterocycles. The zero-order valence-corrected chi connectivity index (χ0v) is 11.7. The van der Waals surface area contributed by atoms with Gasteiger partial charge in [0, 0.05) is 28.6 Å². The van der Waals surface area contributed by atoms with Gasteiger partial charge in [-0.15, -0.1) is 0 Å². The Bertz CT molecular complexity index is 729. The number of Topliss-reactive ketones (excluding diaryl/α,β-unsaturated/α-hetero) is 1. The van der Waals surface area contributed by atoms with E-state index < -0.39 is 11.9 Å². The van der Waals surface area contributed by atoms with Crippen LogP contribution in [-0.4, -0.2) is 34.9 Å². The van der Waals surface area contributed by atoms with Crippen molar-refractivity contribution in [3.63, 3.8) is 0 Å². The summed E-state index contributed by atoms with van der Waals surface area (Å²) >= 11 is 0. The van der Waals surface area contributed by atoms with Gasteiger partial charge in [-0.25, -0.2) is 4.79 Å². The van der Waals surface area contributed by atoms with Crippen molar-refractivity contribution < 1.29 is 24.2 Å². The summed E-state index contributed by atoms with van der Waals surface area (Å²) in [7, 11) is 1.27. The van der Waals surface area contributed by atoms with E-state index >= 15 is 0 Å². The first-order valence-electron chi connectivity index (χ1n) is 6.39. The molecular formula is C15H15NO5. The lowest BCUT2D eigenvalue weighted by Crippen LogP contribution is -2.07. The first-order chi connectivity index (χ1) is 9.93. The van der Waals surface area contributed by atoms with E-state index in [9.17, 15) is 14.4 Å². The van der Waals surface area contributed by atoms with Gasteiger partial charge in [0.2, 0.25) is 0 Å². The second kappa shape index (κ2) is 5.78. The van der Waals surface area contributed by atoms with Crippen molar-refractivity contribution in [2.24, 2.45) is 0 Å². The third-order valence-electron chi connectivity index (χ3n) is 3.30. The molecule has 0 aliphatic carbocycles. The molecular weight excluding hydrogens is 274 g/mol. The van der Waals surface area contributed by atoms with Crippen LogP contribution in [0.15, 0.2) is 18.2 Å². The van der Waals surface area contributed by atoms with Crippen molar-refractivity contribution >= 4 is 28.6 Å². The van der Waals surface area contributed by atoms with Crippen molar-refractivity contribution in [1.82, 2.24) is 4.98 Å². The van der Waals surface area contributed by atoms with E-state index in [1.165, 1.54) is 19.2 Å². The number of aromatic carboxylic acids is 1. The number of hydrogen-bond acceptors (Lipinski definition) is 4. The SMILES string of the molecule is COC(=O)CCC(=O)c1c(C)[nH]c2ccc(C(=O)O)cc12. The molecule has 0 saturated carbocycles. The third kappa shape index (κ3) is 2.94. The van der Waals surface area contributed by atoms with Gasteiger partial charge in [0.15, 0.2) is 5.78 Å². The van der Waals surface area contributed by atoms with Gasteiger partial charge in [-0.2, -0.15) is 0 Å². The second-order valence-electron chi connectivity index (χ2n) is 4.69. The standard InChI is InChI=1S/C15H15NO5/c1-8-14(12(17)5-6-13(18)21-2)10-7-9(15(19)20)3-4-11(10)16-8/h3-4,7,16H,5-6H2,1-2H3,(H,19,20). The molecule has 1 aromatic heterocycles. The highest BCUT2D eigenvalue weighted by molar-refractivity contribution is 6.11. The van der Waals surface area contributed by atoms with E-state index in [4.69, 9.17) is 5.11 Å². The predicted octanol–water partition coefficient (Wildman–Crippen LogP) is 2.31. The van der Waals surface area contributed by atoms with E-state index in [1.54, 1.807) is 13.0 Å². The van der Waals surface area contributed by atoms with Crippen LogP contribution in [0.4, 0.5) is 0 Å². The largest absolute Gasteiger partial charge is 0.478 e. The van der Waals surface area contributed by atoms with Crippen LogP contribution in [0, 0.1) is 6.92 Å². The minimum absolute atomic E-state index is 0.0000674. The van der Waals surface area contributed by atoms with Crippen molar-refractivity contribution in [2.75, 3.05) is 7.11 Å². The molecule has 6 heteroatoms. The van der Waals surface area contributed by atoms with E-state index in [0.717, 1.165) is 0 Å². The lowest BCUT2D eigenvalue weighted by molar-refractivity contribution is -0.140. The number of benzene rings is 1. The number of carbonyl (C=O) groups excluding carboxylic acids is 2. The number of aromatic nitrogens is 1. The average Bonchev–Trinajstić information content (AvgIpc) is 2.79. The van der Waals surface area contributed by atoms with Crippen molar-refractivity contribution in [2.45, 2.75) is 19.8 Å². The number of ketones is 1. The number of carbonyl (C=O) groups is 3. The minimum atomic E-state index is -1.05. The summed E-state index contributed by atoms with van der Waals surface area (Å²) in [5.74, 6) is -1.72. The maximum Gasteiger partial charge on any atom is 0.335 e. The van der Waals surface area contributed by atoms with Crippen molar-refractivity contribution in [1.29, 1.82) is 0 Å². The molecule has 0 spiro atoms. The Labute approximate surface area is 120 Å². The fourth-order valence-electron chi connectivity index (χ4n) is 2.26. The van der Waals surface area contributed by atoms with Crippen LogP contribution in [0.25, 0.3) is 10.9 Å². The van der Waals surface area contributed by atoms with Gasteiger partial charge in [-0.3, -0.25) is 9.59 Å². The molecule has 2 N–H and O–H groups in total. The van der Waals surface area contributed by atoms with E-state index in [1.807, 2.05) is 0 Å². The average molecular weight is 289 g/mol. The molecule has 0 atom stereocenters. The van der Waals surface area contributed by atoms with E-state index in [2.05, 4.69) is 9.72 Å². The first kappa shape index (κ1) is 14.8. The van der Waals surface area contributed by atoms with Crippen molar-refractivity contribution in [3.05, 3.63) is 35.0 Å². The monoisotopic (exact) mass is 289 g/mol. The van der Waals surface area contributed by atoms with Gasteiger partial charge in [0.25, 0.3) is 0 Å². The summed E-state index contributed by atoms with van der Waals surface area (Å²) in [4.78, 5) is 37.5. The minimum Gasteiger partial charge on any atom is -0.478 e. The Morgan fingerprint density at radius 2 is 1.95 bits per heavy atom. The number of methoxy groups -OCH3 is 1. The maximum atomic E-state index is 12.3. The number of H-pyrrole nitrogens is 1. The topological polar surface area (TPSA) is 96.5 Å². The van der Waals surface area contributed by atoms with E-state index in [0.29, 0.717) is 22.2 Å². The lowest BCUT2D eigenvalue weighted by Gasteiger charge is -2.02. The van der Waals surface area contributed by atoms with Crippen molar-refractivity contribution in [3.8, 4) is 0 Å². The number of rotatable bonds is 5. The Morgan fingerprint density at radius 3 is 2.57 bits per heavy atom. The fraction of sp³-hybridized carbons (Fsp3) is 0.267. The molecule has 6 nitrogen and oxygen atoms in total. The van der Waals surface area contributed by atoms with Crippen LogP contribution in [0.1, 0.15) is 39.3 Å². The summed E-state index contributed by atoms with van der Waals surface area (Å²) < 4.78 is 4.51. The normalized spacial score (nSPS) is 10.6. The zero-order valence-electron chi connectivity index (χ0n) is 11.7. The molecule has 0 fully saturated rings. The van der Waals surface area contributed by atoms with Gasteiger partial charge in [0.05, 0.1) is 19.1 Å². The molecule has 110 valence electrons. The number of aromatic amines is 1. The molecule has 0 amide bonds. The molecule has 21 heavy (non-hydrogen) atoms. The quantitative estimate of drug-likeness (QED) is 0.650. The van der Waals surface area contributed by atoms with Gasteiger partial charge in [-0.05, 0) is 25.1 Å². The summed E-state index contributed by atoms with van der Waals surface area (Å²) in [6, 6.07) is 4.57. The number of carboxylic acid groups (broad SMARTS) is 1. The van der Waals surface area contributed by atoms with Gasteiger partial charge in [-0.1, -0.05) is 0 Å². The Hall–Kier alpha value is -2.63. The number of fused-ring (bicyclic) bond motifs is 1. The van der Waals surface area contributed by atoms with Gasteiger partial charge < -0.3 is 14.8 Å². The van der Waals surface area contributed by atoms with Crippen LogP contribution in [0.3, 0.4) is 0 Å². The predicted molar refractivity (Wildman–Crippen MR) is 75.6 cm³/mol. The highest BCUT2D eigenvalue weighted by atomic mass is 16.5. The Kier molecular flexibility index (Phi) is 4.07. The highest BCUT2D eigenvalue weighted by Gasteiger charge is 2.18. The molecule has 0 unspecified atom stereocenters. The number of carboxylic acids is 1. The summed E-state index contributed by atoms with van der Waals surface area (Å²) in [6.45, 7) is 1.74. The molecule has 2 rings (SSSR count). The smallest absolute Gasteiger partial charge is 0.335 e. The number of aryl methyl sites for hydroxylation is 1. The lowest BCUT2D eigenvalue weighted by atomic mass is 10.0. The molecule has 0 radical (unpaired) electrons. The molecule has 0 aliphatic rings. The number of ether oxygens (including phenoxy) is 1. The van der Waals surface area contributed by atoms with Crippen LogP contribution < -0.4 is 0 Å². The zero-order chi connectivity index (χ0) is 15.6. The van der Waals surface area contributed by atoms with Crippen LogP contribution in [0.5, 0.6) is 0 Å². The van der Waals surface area contributed by atoms with Crippen LogP contribution in [0.2, 0.25) is 0 Å². The molecule has 0 bridgehead atoms. The van der Waals surface area contributed by atoms with Gasteiger partial charge in [0.1, 0.15) is 0 Å². The first-order valence-corrected chi connectivity index (χ1v) is 6.39. The summed E-state index contributed by atoms with van der Waals surface area (Å²) in [6.07, 6.45) is 0.0256. The molecule has 2 aromatic rings. The molecule has 0 aliphatic heterocycles. The third-order valence-corrected chi connectivity index (χ3v) is 3.30. The Balaban J connectivity index is 2.40. The van der Waals surface area contributed by atoms with Crippen LogP contribution >= 0.6 is 0 Å². The summed E-state index contributed by atoms with van der Waals surface area (Å²) in [5, 5.41) is 9.59. The highest BCUT2D eigenvalue weighted by Crippen LogP contribution is 2.25. The number of nitrogens with one attached hydrogen (secondary N) is 1. The van der Waals surface area contributed by atoms with E-state index in [-0.39, 0.29) is 24.2 Å². The Morgan fingerprint density at radius 1 is 1.24 bits per heavy atom. The summed E-state index contributed by atoms with van der Waals surface area (Å²) in [5.41, 5.74) is 1.89. The number of esters is 1. The maximum absolute atomic E-state index is 12.3. The van der Waals surface area contributed by atoms with Crippen LogP contribution in [-0.2, 0) is 9.53 Å². The van der Waals surface area contributed by atoms with Gasteiger partial charge >= 0.3 is 11.9 Å². The number of hydrogen-bond donors (Lipinski definition) is 2. The second-order valence-corrected chi connectivity index (χ2v) is 4.69. The molecule has 0 saturated heterocycles. The molecule has 1 aromatic carbocycles. The fourth-order valence-corrected chi connectivity index (χ4v) is 2.26.